The van der Waals surface area contributed by atoms with E-state index in [0.29, 0.717) is 18.1 Å². The second-order valence-corrected chi connectivity index (χ2v) is 6.74. The maximum atomic E-state index is 6.00. The molecule has 0 saturated carbocycles. The van der Waals surface area contributed by atoms with Gasteiger partial charge in [-0.3, -0.25) is 0 Å². The quantitative estimate of drug-likeness (QED) is 0.720. The predicted octanol–water partition coefficient (Wildman–Crippen LogP) is 3.73. The molecule has 4 heteroatoms. The van der Waals surface area contributed by atoms with Crippen LogP contribution in [0.25, 0.3) is 0 Å². The van der Waals surface area contributed by atoms with Gasteiger partial charge in [-0.05, 0) is 49.8 Å². The molecule has 1 aromatic carbocycles. The Hall–Kier alpha value is -0.420. The van der Waals surface area contributed by atoms with E-state index < -0.39 is 0 Å². The SMILES string of the molecule is COCCNCC(CC1CCC(C)O1)c1ccc(Br)cc1. The molecule has 1 saturated heterocycles. The van der Waals surface area contributed by atoms with E-state index in [4.69, 9.17) is 9.47 Å². The molecule has 3 nitrogen and oxygen atoms in total. The average molecular weight is 356 g/mol. The van der Waals surface area contributed by atoms with Crippen LogP contribution in [0.2, 0.25) is 0 Å². The maximum absolute atomic E-state index is 6.00. The molecule has 1 aromatic rings. The molecule has 3 unspecified atom stereocenters. The lowest BCUT2D eigenvalue weighted by Crippen LogP contribution is -2.27. The van der Waals surface area contributed by atoms with Gasteiger partial charge in [0.1, 0.15) is 0 Å². The summed E-state index contributed by atoms with van der Waals surface area (Å²) in [6.07, 6.45) is 4.28. The molecular formula is C17H26BrNO2. The highest BCUT2D eigenvalue weighted by Crippen LogP contribution is 2.29. The molecule has 0 amide bonds. The Morgan fingerprint density at radius 1 is 1.33 bits per heavy atom. The van der Waals surface area contributed by atoms with Gasteiger partial charge in [0.25, 0.3) is 0 Å². The third-order valence-electron chi connectivity index (χ3n) is 4.08. The van der Waals surface area contributed by atoms with Crippen LogP contribution in [-0.4, -0.2) is 39.0 Å². The normalized spacial score (nSPS) is 23.4. The van der Waals surface area contributed by atoms with Crippen molar-refractivity contribution in [3.8, 4) is 0 Å². The topological polar surface area (TPSA) is 30.5 Å². The number of methoxy groups -OCH3 is 1. The van der Waals surface area contributed by atoms with E-state index in [0.717, 1.165) is 30.6 Å². The summed E-state index contributed by atoms with van der Waals surface area (Å²) in [5.74, 6) is 0.491. The fourth-order valence-corrected chi connectivity index (χ4v) is 3.16. The summed E-state index contributed by atoms with van der Waals surface area (Å²) in [7, 11) is 1.74. The predicted molar refractivity (Wildman–Crippen MR) is 89.8 cm³/mol. The van der Waals surface area contributed by atoms with Crippen LogP contribution in [0.3, 0.4) is 0 Å². The molecule has 0 spiro atoms. The summed E-state index contributed by atoms with van der Waals surface area (Å²) in [4.78, 5) is 0. The molecule has 0 aromatic heterocycles. The summed E-state index contributed by atoms with van der Waals surface area (Å²) in [5.41, 5.74) is 1.38. The third-order valence-corrected chi connectivity index (χ3v) is 4.61. The lowest BCUT2D eigenvalue weighted by Gasteiger charge is -2.22. The minimum Gasteiger partial charge on any atom is -0.383 e. The Morgan fingerprint density at radius 3 is 2.71 bits per heavy atom. The largest absolute Gasteiger partial charge is 0.383 e. The Labute approximate surface area is 136 Å². The van der Waals surface area contributed by atoms with Crippen LogP contribution < -0.4 is 5.32 Å². The van der Waals surface area contributed by atoms with E-state index >= 15 is 0 Å². The van der Waals surface area contributed by atoms with Crippen LogP contribution in [-0.2, 0) is 9.47 Å². The van der Waals surface area contributed by atoms with E-state index in [1.807, 2.05) is 0 Å². The molecule has 1 fully saturated rings. The highest BCUT2D eigenvalue weighted by molar-refractivity contribution is 9.10. The summed E-state index contributed by atoms with van der Waals surface area (Å²) >= 11 is 3.51. The Kier molecular flexibility index (Phi) is 7.17. The Bertz CT molecular complexity index is 410. The van der Waals surface area contributed by atoms with Gasteiger partial charge in [0.15, 0.2) is 0 Å². The summed E-state index contributed by atoms with van der Waals surface area (Å²) < 4.78 is 12.2. The average Bonchev–Trinajstić information content (AvgIpc) is 2.88. The van der Waals surface area contributed by atoms with Crippen LogP contribution in [0.5, 0.6) is 0 Å². The summed E-state index contributed by atoms with van der Waals surface area (Å²) in [6, 6.07) is 8.67. The Morgan fingerprint density at radius 2 is 2.10 bits per heavy atom. The number of ether oxygens (including phenoxy) is 2. The molecule has 0 bridgehead atoms. The van der Waals surface area contributed by atoms with Gasteiger partial charge in [0.2, 0.25) is 0 Å². The zero-order valence-electron chi connectivity index (χ0n) is 13.0. The Balaban J connectivity index is 1.94. The van der Waals surface area contributed by atoms with Gasteiger partial charge in [0.05, 0.1) is 18.8 Å². The van der Waals surface area contributed by atoms with Gasteiger partial charge in [-0.15, -0.1) is 0 Å². The number of halogens is 1. The van der Waals surface area contributed by atoms with Crippen LogP contribution in [0.4, 0.5) is 0 Å². The molecule has 3 atom stereocenters. The first-order valence-electron chi connectivity index (χ1n) is 7.79. The highest BCUT2D eigenvalue weighted by atomic mass is 79.9. The fourth-order valence-electron chi connectivity index (χ4n) is 2.90. The van der Waals surface area contributed by atoms with E-state index in [1.165, 1.54) is 18.4 Å². The van der Waals surface area contributed by atoms with Crippen LogP contribution >= 0.6 is 15.9 Å². The zero-order valence-corrected chi connectivity index (χ0v) is 14.6. The molecule has 1 heterocycles. The summed E-state index contributed by atoms with van der Waals surface area (Å²) in [5, 5.41) is 3.49. The minimum absolute atomic E-state index is 0.401. The lowest BCUT2D eigenvalue weighted by atomic mass is 9.92. The van der Waals surface area contributed by atoms with Gasteiger partial charge < -0.3 is 14.8 Å². The van der Waals surface area contributed by atoms with Crippen molar-refractivity contribution in [1.82, 2.24) is 5.32 Å². The number of hydrogen-bond donors (Lipinski definition) is 1. The monoisotopic (exact) mass is 355 g/mol. The van der Waals surface area contributed by atoms with Crippen molar-refractivity contribution in [2.75, 3.05) is 26.8 Å². The standard InChI is InChI=1S/C17H26BrNO2/c1-13-3-8-17(21-13)11-15(12-19-9-10-20-2)14-4-6-16(18)7-5-14/h4-7,13,15,17,19H,3,8-12H2,1-2H3. The molecular weight excluding hydrogens is 330 g/mol. The van der Waals surface area contributed by atoms with Gasteiger partial charge in [-0.1, -0.05) is 28.1 Å². The fraction of sp³-hybridized carbons (Fsp3) is 0.647. The molecule has 1 aliphatic heterocycles. The zero-order chi connectivity index (χ0) is 15.1. The first kappa shape index (κ1) is 16.9. The van der Waals surface area contributed by atoms with Crippen molar-refractivity contribution in [1.29, 1.82) is 0 Å². The molecule has 1 N–H and O–H groups in total. The second-order valence-electron chi connectivity index (χ2n) is 5.83. The molecule has 2 rings (SSSR count). The van der Waals surface area contributed by atoms with Gasteiger partial charge in [-0.2, -0.15) is 0 Å². The van der Waals surface area contributed by atoms with Crippen molar-refractivity contribution in [2.24, 2.45) is 0 Å². The minimum atomic E-state index is 0.401. The molecule has 118 valence electrons. The maximum Gasteiger partial charge on any atom is 0.0587 e. The van der Waals surface area contributed by atoms with Crippen molar-refractivity contribution >= 4 is 15.9 Å². The van der Waals surface area contributed by atoms with Crippen LogP contribution in [0, 0.1) is 0 Å². The molecule has 0 aliphatic carbocycles. The first-order valence-corrected chi connectivity index (χ1v) is 8.59. The van der Waals surface area contributed by atoms with Gasteiger partial charge in [0, 0.05) is 24.7 Å². The van der Waals surface area contributed by atoms with Crippen molar-refractivity contribution in [3.63, 3.8) is 0 Å². The van der Waals surface area contributed by atoms with Crippen LogP contribution in [0.1, 0.15) is 37.7 Å². The molecule has 1 aliphatic rings. The van der Waals surface area contributed by atoms with Gasteiger partial charge in [-0.25, -0.2) is 0 Å². The molecule has 0 radical (unpaired) electrons. The van der Waals surface area contributed by atoms with Crippen molar-refractivity contribution in [3.05, 3.63) is 34.3 Å². The number of benzene rings is 1. The highest BCUT2D eigenvalue weighted by Gasteiger charge is 2.25. The summed E-state index contributed by atoms with van der Waals surface area (Å²) in [6.45, 7) is 4.79. The first-order chi connectivity index (χ1) is 10.2. The number of hydrogen-bond acceptors (Lipinski definition) is 3. The number of nitrogens with one attached hydrogen (secondary N) is 1. The lowest BCUT2D eigenvalue weighted by molar-refractivity contribution is 0.0465. The van der Waals surface area contributed by atoms with Gasteiger partial charge >= 0.3 is 0 Å². The van der Waals surface area contributed by atoms with E-state index in [1.54, 1.807) is 7.11 Å². The number of rotatable bonds is 8. The van der Waals surface area contributed by atoms with Crippen LogP contribution in [0.15, 0.2) is 28.7 Å². The smallest absolute Gasteiger partial charge is 0.0587 e. The van der Waals surface area contributed by atoms with E-state index in [-0.39, 0.29) is 0 Å². The van der Waals surface area contributed by atoms with E-state index in [9.17, 15) is 0 Å². The van der Waals surface area contributed by atoms with Crippen molar-refractivity contribution < 1.29 is 9.47 Å². The third kappa shape index (κ3) is 5.70. The second kappa shape index (κ2) is 8.89. The van der Waals surface area contributed by atoms with Crippen molar-refractivity contribution in [2.45, 2.75) is 44.3 Å². The van der Waals surface area contributed by atoms with E-state index in [2.05, 4.69) is 52.4 Å². The molecule has 21 heavy (non-hydrogen) atoms.